The van der Waals surface area contributed by atoms with Crippen molar-refractivity contribution in [3.8, 4) is 0 Å². The van der Waals surface area contributed by atoms with E-state index in [4.69, 9.17) is 0 Å². The van der Waals surface area contributed by atoms with Crippen LogP contribution in [-0.4, -0.2) is 0 Å². The van der Waals surface area contributed by atoms with Crippen LogP contribution in [0.15, 0.2) is 24.3 Å². The zero-order chi connectivity index (χ0) is 13.7. The summed E-state index contributed by atoms with van der Waals surface area (Å²) in [4.78, 5) is 0. The molecule has 0 saturated heterocycles. The molecule has 108 valence electrons. The molecule has 0 aromatic heterocycles. The van der Waals surface area contributed by atoms with E-state index in [-0.39, 0.29) is 5.92 Å². The van der Waals surface area contributed by atoms with E-state index in [1.165, 1.54) is 31.8 Å². The molecule has 2 aliphatic carbocycles. The second-order valence-electron chi connectivity index (χ2n) is 6.33. The van der Waals surface area contributed by atoms with Crippen LogP contribution in [0.3, 0.4) is 0 Å². The van der Waals surface area contributed by atoms with E-state index in [2.05, 4.69) is 19.1 Å². The second kappa shape index (κ2) is 7.21. The molecule has 2 rings (SSSR count). The van der Waals surface area contributed by atoms with Gasteiger partial charge in [-0.05, 0) is 88.0 Å². The van der Waals surface area contributed by atoms with Crippen molar-refractivity contribution in [2.24, 2.45) is 23.7 Å². The fourth-order valence-corrected chi connectivity index (χ4v) is 4.04. The Bertz CT molecular complexity index is 312. The van der Waals surface area contributed by atoms with Crippen LogP contribution in [0.25, 0.3) is 0 Å². The van der Waals surface area contributed by atoms with Crippen LogP contribution in [0.2, 0.25) is 0 Å². The first-order valence-electron chi connectivity index (χ1n) is 7.84. The molecule has 2 heteroatoms. The van der Waals surface area contributed by atoms with Gasteiger partial charge >= 0.3 is 0 Å². The Kier molecular flexibility index (Phi) is 5.59. The Hall–Kier alpha value is -0.660. The molecule has 0 amide bonds. The summed E-state index contributed by atoms with van der Waals surface area (Å²) >= 11 is 0. The zero-order valence-electron chi connectivity index (χ0n) is 12.0. The summed E-state index contributed by atoms with van der Waals surface area (Å²) in [5, 5.41) is 0. The van der Waals surface area contributed by atoms with Gasteiger partial charge in [-0.15, -0.1) is 0 Å². The third kappa shape index (κ3) is 4.43. The Balaban J connectivity index is 1.75. The summed E-state index contributed by atoms with van der Waals surface area (Å²) in [7, 11) is 0. The van der Waals surface area contributed by atoms with Gasteiger partial charge in [-0.2, -0.15) is 8.78 Å². The van der Waals surface area contributed by atoms with Crippen LogP contribution < -0.4 is 0 Å². The molecule has 2 aliphatic rings. The molecule has 2 fully saturated rings. The number of allylic oxidation sites excluding steroid dienone is 3. The Morgan fingerprint density at radius 3 is 1.68 bits per heavy atom. The fraction of sp³-hybridized carbons (Fsp3) is 0.765. The van der Waals surface area contributed by atoms with Crippen molar-refractivity contribution in [1.29, 1.82) is 0 Å². The topological polar surface area (TPSA) is 0 Å². The van der Waals surface area contributed by atoms with Gasteiger partial charge in [0, 0.05) is 0 Å². The lowest BCUT2D eigenvalue weighted by molar-refractivity contribution is 0.165. The van der Waals surface area contributed by atoms with Crippen molar-refractivity contribution in [2.75, 3.05) is 0 Å². The van der Waals surface area contributed by atoms with Gasteiger partial charge in [0.1, 0.15) is 0 Å². The number of halogens is 2. The summed E-state index contributed by atoms with van der Waals surface area (Å²) in [6, 6.07) is 0. The van der Waals surface area contributed by atoms with Crippen molar-refractivity contribution in [1.82, 2.24) is 0 Å². The average Bonchev–Trinajstić information content (AvgIpc) is 2.40. The van der Waals surface area contributed by atoms with E-state index in [9.17, 15) is 8.78 Å². The summed E-state index contributed by atoms with van der Waals surface area (Å²) in [6.45, 7) is 2.10. The molecule has 0 nitrogen and oxygen atoms in total. The maximum absolute atomic E-state index is 12.2. The molecule has 0 aromatic rings. The molecule has 0 bridgehead atoms. The summed E-state index contributed by atoms with van der Waals surface area (Å²) in [5.74, 6) is 2.60. The van der Waals surface area contributed by atoms with E-state index >= 15 is 0 Å². The lowest BCUT2D eigenvalue weighted by Gasteiger charge is -2.36. The van der Waals surface area contributed by atoms with Crippen LogP contribution in [0.5, 0.6) is 0 Å². The molecule has 0 N–H and O–H groups in total. The molecule has 2 saturated carbocycles. The first kappa shape index (κ1) is 14.7. The smallest absolute Gasteiger partial charge is 0.174 e. The first-order chi connectivity index (χ1) is 9.19. The Morgan fingerprint density at radius 1 is 0.789 bits per heavy atom. The van der Waals surface area contributed by atoms with Crippen LogP contribution in [0.4, 0.5) is 8.78 Å². The van der Waals surface area contributed by atoms with Gasteiger partial charge in [0.2, 0.25) is 0 Å². The van der Waals surface area contributed by atoms with E-state index in [1.54, 1.807) is 0 Å². The molecular formula is C17H26F2. The van der Waals surface area contributed by atoms with Gasteiger partial charge in [0.15, 0.2) is 0 Å². The van der Waals surface area contributed by atoms with E-state index in [1.807, 2.05) is 0 Å². The van der Waals surface area contributed by atoms with E-state index < -0.39 is 6.08 Å². The minimum atomic E-state index is -1.49. The van der Waals surface area contributed by atoms with Gasteiger partial charge < -0.3 is 0 Å². The number of hydrogen-bond donors (Lipinski definition) is 0. The summed E-state index contributed by atoms with van der Waals surface area (Å²) in [6.07, 6.45) is 13.8. The molecule has 0 spiro atoms. The Labute approximate surface area is 116 Å². The lowest BCUT2D eigenvalue weighted by atomic mass is 9.69. The predicted octanol–water partition coefficient (Wildman–Crippen LogP) is 5.96. The van der Waals surface area contributed by atoms with Crippen molar-refractivity contribution >= 4 is 0 Å². The molecule has 0 heterocycles. The quantitative estimate of drug-likeness (QED) is 0.554. The highest BCUT2D eigenvalue weighted by molar-refractivity contribution is 4.94. The van der Waals surface area contributed by atoms with E-state index in [0.717, 1.165) is 43.4 Å². The zero-order valence-corrected chi connectivity index (χ0v) is 12.0. The monoisotopic (exact) mass is 268 g/mol. The van der Waals surface area contributed by atoms with Crippen molar-refractivity contribution in [2.45, 2.75) is 58.3 Å². The maximum Gasteiger partial charge on any atom is 0.266 e. The molecule has 0 unspecified atom stereocenters. The van der Waals surface area contributed by atoms with Crippen molar-refractivity contribution < 1.29 is 8.78 Å². The Morgan fingerprint density at radius 2 is 1.26 bits per heavy atom. The fourth-order valence-electron chi connectivity index (χ4n) is 4.04. The third-order valence-corrected chi connectivity index (χ3v) is 5.13. The van der Waals surface area contributed by atoms with Crippen LogP contribution >= 0.6 is 0 Å². The van der Waals surface area contributed by atoms with Gasteiger partial charge in [0.05, 0.1) is 0 Å². The summed E-state index contributed by atoms with van der Waals surface area (Å²) < 4.78 is 24.5. The van der Waals surface area contributed by atoms with Crippen LogP contribution in [-0.2, 0) is 0 Å². The highest BCUT2D eigenvalue weighted by atomic mass is 19.3. The van der Waals surface area contributed by atoms with Gasteiger partial charge in [-0.3, -0.25) is 0 Å². The minimum absolute atomic E-state index is 0.139. The predicted molar refractivity (Wildman–Crippen MR) is 76.0 cm³/mol. The summed E-state index contributed by atoms with van der Waals surface area (Å²) in [5.41, 5.74) is 0. The van der Waals surface area contributed by atoms with Gasteiger partial charge in [0.25, 0.3) is 6.08 Å². The minimum Gasteiger partial charge on any atom is -0.174 e. The highest BCUT2D eigenvalue weighted by Crippen LogP contribution is 2.42. The second-order valence-corrected chi connectivity index (χ2v) is 6.33. The van der Waals surface area contributed by atoms with Gasteiger partial charge in [-0.1, -0.05) is 12.2 Å². The molecular weight excluding hydrogens is 242 g/mol. The standard InChI is InChI=1S/C17H26F2/c1-2-3-13-4-8-15(9-5-13)16-10-6-14(7-11-16)12-17(18)19/h2-3,12-16H,4-11H2,1H3. The normalized spacial score (nSPS) is 36.4. The van der Waals surface area contributed by atoms with E-state index in [0.29, 0.717) is 0 Å². The van der Waals surface area contributed by atoms with Crippen LogP contribution in [0, 0.1) is 23.7 Å². The maximum atomic E-state index is 12.2. The van der Waals surface area contributed by atoms with Crippen LogP contribution in [0.1, 0.15) is 58.3 Å². The lowest BCUT2D eigenvalue weighted by Crippen LogP contribution is -2.25. The first-order valence-corrected chi connectivity index (χ1v) is 7.84. The largest absolute Gasteiger partial charge is 0.266 e. The molecule has 0 aliphatic heterocycles. The molecule has 0 aromatic carbocycles. The molecule has 19 heavy (non-hydrogen) atoms. The number of hydrogen-bond acceptors (Lipinski definition) is 0. The average molecular weight is 268 g/mol. The molecule has 0 radical (unpaired) electrons. The van der Waals surface area contributed by atoms with Crippen molar-refractivity contribution in [3.05, 3.63) is 24.3 Å². The van der Waals surface area contributed by atoms with Gasteiger partial charge in [-0.25, -0.2) is 0 Å². The SMILES string of the molecule is CC=CC1CCC(C2CCC(C=C(F)F)CC2)CC1. The highest BCUT2D eigenvalue weighted by Gasteiger charge is 2.29. The molecule has 0 atom stereocenters. The third-order valence-electron chi connectivity index (χ3n) is 5.13. The van der Waals surface area contributed by atoms with Crippen molar-refractivity contribution in [3.63, 3.8) is 0 Å². The number of rotatable bonds is 3.